The summed E-state index contributed by atoms with van der Waals surface area (Å²) in [7, 11) is 0. The van der Waals surface area contributed by atoms with Crippen LogP contribution in [0.3, 0.4) is 0 Å². The van der Waals surface area contributed by atoms with E-state index in [9.17, 15) is 4.79 Å². The number of aromatic nitrogens is 2. The third-order valence-corrected chi connectivity index (χ3v) is 7.85. The molecule has 2 aliphatic carbocycles. The van der Waals surface area contributed by atoms with Gasteiger partial charge in [-0.1, -0.05) is 32.5 Å². The van der Waals surface area contributed by atoms with E-state index in [4.69, 9.17) is 4.74 Å². The molecule has 0 aliphatic heterocycles. The van der Waals surface area contributed by atoms with Crippen LogP contribution in [0.5, 0.6) is 5.75 Å². The van der Waals surface area contributed by atoms with Crippen LogP contribution in [0.1, 0.15) is 40.5 Å². The number of Topliss-reactive ketones (excluding diaryl/α,β-unsaturated/α-hetero) is 1. The van der Waals surface area contributed by atoms with Gasteiger partial charge in [-0.15, -0.1) is 0 Å². The summed E-state index contributed by atoms with van der Waals surface area (Å²) in [5.41, 5.74) is 2.01. The van der Waals surface area contributed by atoms with Crippen molar-refractivity contribution in [1.29, 1.82) is 0 Å². The lowest BCUT2D eigenvalue weighted by molar-refractivity contribution is -0.122. The molecular formula is C19H24N2O2S. The molecule has 0 radical (unpaired) electrons. The predicted molar refractivity (Wildman–Crippen MR) is 96.5 cm³/mol. The first-order valence-corrected chi connectivity index (χ1v) is 9.58. The zero-order valence-electron chi connectivity index (χ0n) is 14.7. The molecule has 0 spiro atoms. The molecule has 24 heavy (non-hydrogen) atoms. The predicted octanol–water partition coefficient (Wildman–Crippen LogP) is 4.45. The summed E-state index contributed by atoms with van der Waals surface area (Å²) in [6.45, 7) is 9.42. The number of carbonyl (C=O) groups excluding carboxylic acids is 1. The minimum Gasteiger partial charge on any atom is -0.494 e. The number of hydrogen-bond acceptors (Lipinski definition) is 4. The highest BCUT2D eigenvalue weighted by atomic mass is 32.2. The van der Waals surface area contributed by atoms with Gasteiger partial charge in [0.25, 0.3) is 0 Å². The third-order valence-electron chi connectivity index (χ3n) is 6.45. The molecule has 1 aromatic heterocycles. The molecule has 3 atom stereocenters. The number of fused-ring (bicyclic) bond motifs is 3. The van der Waals surface area contributed by atoms with Gasteiger partial charge in [0.05, 0.1) is 22.9 Å². The fourth-order valence-electron chi connectivity index (χ4n) is 4.57. The van der Waals surface area contributed by atoms with E-state index in [0.717, 1.165) is 34.8 Å². The number of imidazole rings is 1. The van der Waals surface area contributed by atoms with Crippen molar-refractivity contribution in [2.45, 2.75) is 50.9 Å². The number of nitrogens with zero attached hydrogens (tertiary/aromatic N) is 1. The molecule has 2 saturated carbocycles. The molecule has 2 bridgehead atoms. The number of nitrogens with one attached hydrogen (secondary N) is 1. The Morgan fingerprint density at radius 1 is 1.38 bits per heavy atom. The van der Waals surface area contributed by atoms with E-state index in [2.05, 4.69) is 30.7 Å². The highest BCUT2D eigenvalue weighted by Crippen LogP contribution is 2.67. The number of rotatable bonds is 4. The van der Waals surface area contributed by atoms with Crippen molar-refractivity contribution in [3.05, 3.63) is 18.2 Å². The molecule has 2 fully saturated rings. The van der Waals surface area contributed by atoms with Crippen molar-refractivity contribution < 1.29 is 9.53 Å². The number of thioether (sulfide) groups is 1. The Balaban J connectivity index is 1.64. The van der Waals surface area contributed by atoms with Crippen molar-refractivity contribution in [2.24, 2.45) is 16.7 Å². The van der Waals surface area contributed by atoms with Gasteiger partial charge in [0.2, 0.25) is 0 Å². The van der Waals surface area contributed by atoms with Gasteiger partial charge in [-0.25, -0.2) is 4.98 Å². The number of hydrogen-bond donors (Lipinski definition) is 1. The minimum atomic E-state index is -0.00169. The van der Waals surface area contributed by atoms with Gasteiger partial charge in [-0.05, 0) is 42.7 Å². The van der Waals surface area contributed by atoms with Crippen molar-refractivity contribution in [3.8, 4) is 5.75 Å². The number of carbonyl (C=O) groups is 1. The molecule has 1 heterocycles. The maximum absolute atomic E-state index is 12.9. The Morgan fingerprint density at radius 2 is 2.17 bits per heavy atom. The lowest BCUT2D eigenvalue weighted by Crippen LogP contribution is -2.35. The summed E-state index contributed by atoms with van der Waals surface area (Å²) < 4.78 is 5.55. The maximum Gasteiger partial charge on any atom is 0.167 e. The second-order valence-electron chi connectivity index (χ2n) is 7.78. The monoisotopic (exact) mass is 344 g/mol. The topological polar surface area (TPSA) is 55.0 Å². The van der Waals surface area contributed by atoms with Gasteiger partial charge >= 0.3 is 0 Å². The normalized spacial score (nSPS) is 31.1. The second kappa shape index (κ2) is 5.25. The van der Waals surface area contributed by atoms with Crippen LogP contribution in [0.4, 0.5) is 0 Å². The van der Waals surface area contributed by atoms with E-state index in [-0.39, 0.29) is 22.0 Å². The number of benzene rings is 1. The van der Waals surface area contributed by atoms with Gasteiger partial charge in [0.15, 0.2) is 5.16 Å². The lowest BCUT2D eigenvalue weighted by atomic mass is 9.71. The van der Waals surface area contributed by atoms with Crippen LogP contribution in [0, 0.1) is 16.7 Å². The molecule has 5 heteroatoms. The van der Waals surface area contributed by atoms with Crippen LogP contribution < -0.4 is 4.74 Å². The Hall–Kier alpha value is -1.49. The summed E-state index contributed by atoms with van der Waals surface area (Å²) in [5.74, 6) is 1.46. The molecule has 4 rings (SSSR count). The van der Waals surface area contributed by atoms with E-state index in [1.165, 1.54) is 0 Å². The van der Waals surface area contributed by atoms with Crippen LogP contribution in [-0.2, 0) is 4.79 Å². The van der Waals surface area contributed by atoms with Crippen molar-refractivity contribution >= 4 is 28.6 Å². The van der Waals surface area contributed by atoms with Crippen LogP contribution in [-0.4, -0.2) is 27.6 Å². The molecular weight excluding hydrogens is 320 g/mol. The molecule has 128 valence electrons. The molecule has 0 amide bonds. The third kappa shape index (κ3) is 2.06. The zero-order chi connectivity index (χ0) is 17.1. The quantitative estimate of drug-likeness (QED) is 0.890. The van der Waals surface area contributed by atoms with Gasteiger partial charge in [-0.3, -0.25) is 4.79 Å². The van der Waals surface area contributed by atoms with Crippen molar-refractivity contribution in [2.75, 3.05) is 6.61 Å². The summed E-state index contributed by atoms with van der Waals surface area (Å²) in [6.07, 6.45) is 2.17. The van der Waals surface area contributed by atoms with Crippen molar-refractivity contribution in [1.82, 2.24) is 9.97 Å². The Morgan fingerprint density at radius 3 is 2.83 bits per heavy atom. The van der Waals surface area contributed by atoms with Crippen LogP contribution in [0.15, 0.2) is 23.4 Å². The van der Waals surface area contributed by atoms with E-state index in [1.807, 2.05) is 25.1 Å². The highest BCUT2D eigenvalue weighted by Gasteiger charge is 2.66. The summed E-state index contributed by atoms with van der Waals surface area (Å²) in [5, 5.41) is 0.833. The average Bonchev–Trinajstić information content (AvgIpc) is 3.06. The SMILES string of the molecule is CCOc1ccc2nc(S[C@H]3C(=O)[C@H]4CC[C@@]3(C)C4(C)C)[nH]c2c1. The van der Waals surface area contributed by atoms with Crippen LogP contribution in [0.25, 0.3) is 11.0 Å². The van der Waals surface area contributed by atoms with E-state index in [1.54, 1.807) is 11.8 Å². The first-order valence-electron chi connectivity index (χ1n) is 8.70. The minimum absolute atomic E-state index is 0.00169. The van der Waals surface area contributed by atoms with Gasteiger partial charge in [-0.2, -0.15) is 0 Å². The summed E-state index contributed by atoms with van der Waals surface area (Å²) >= 11 is 1.61. The molecule has 2 aromatic rings. The zero-order valence-corrected chi connectivity index (χ0v) is 15.5. The molecule has 0 saturated heterocycles. The van der Waals surface area contributed by atoms with E-state index < -0.39 is 0 Å². The van der Waals surface area contributed by atoms with Crippen LogP contribution in [0.2, 0.25) is 0 Å². The van der Waals surface area contributed by atoms with E-state index >= 15 is 0 Å². The summed E-state index contributed by atoms with van der Waals surface area (Å²) in [4.78, 5) is 20.9. The Labute approximate surface area is 146 Å². The lowest BCUT2D eigenvalue weighted by Gasteiger charge is -2.37. The van der Waals surface area contributed by atoms with E-state index in [0.29, 0.717) is 12.4 Å². The highest BCUT2D eigenvalue weighted by molar-refractivity contribution is 8.00. The Bertz CT molecular complexity index is 813. The Kier molecular flexibility index (Phi) is 3.50. The van der Waals surface area contributed by atoms with Crippen molar-refractivity contribution in [3.63, 3.8) is 0 Å². The van der Waals surface area contributed by atoms with Gasteiger partial charge in [0.1, 0.15) is 11.5 Å². The van der Waals surface area contributed by atoms with Gasteiger partial charge in [0, 0.05) is 12.0 Å². The standard InChI is InChI=1S/C19H24N2O2S/c1-5-23-11-6-7-13-14(10-11)21-17(20-13)24-16-15(22)12-8-9-19(16,4)18(12,2)3/h6-7,10,12,16H,5,8-9H2,1-4H3,(H,20,21)/t12-,16+,19-/m1/s1. The van der Waals surface area contributed by atoms with Gasteiger partial charge < -0.3 is 9.72 Å². The average molecular weight is 344 g/mol. The molecule has 4 nitrogen and oxygen atoms in total. The first-order chi connectivity index (χ1) is 11.4. The second-order valence-corrected chi connectivity index (χ2v) is 8.88. The maximum atomic E-state index is 12.9. The smallest absolute Gasteiger partial charge is 0.167 e. The fraction of sp³-hybridized carbons (Fsp3) is 0.579. The fourth-order valence-corrected chi connectivity index (χ4v) is 6.07. The number of aromatic amines is 1. The largest absolute Gasteiger partial charge is 0.494 e. The number of ether oxygens (including phenoxy) is 1. The molecule has 0 unspecified atom stereocenters. The summed E-state index contributed by atoms with van der Waals surface area (Å²) in [6, 6.07) is 5.88. The molecule has 1 N–H and O–H groups in total. The van der Waals surface area contributed by atoms with Crippen LogP contribution >= 0.6 is 11.8 Å². The number of H-pyrrole nitrogens is 1. The number of ketones is 1. The molecule has 1 aromatic carbocycles. The molecule has 2 aliphatic rings. The first kappa shape index (κ1) is 16.0.